The Balaban J connectivity index is 1.84. The van der Waals surface area contributed by atoms with Crippen LogP contribution in [0.3, 0.4) is 0 Å². The van der Waals surface area contributed by atoms with Crippen molar-refractivity contribution in [3.63, 3.8) is 0 Å². The maximum absolute atomic E-state index is 6.10. The Hall–Kier alpha value is -1.87. The van der Waals surface area contributed by atoms with E-state index in [9.17, 15) is 0 Å². The summed E-state index contributed by atoms with van der Waals surface area (Å²) in [6, 6.07) is 11.2. The number of aryl methyl sites for hydroxylation is 2. The van der Waals surface area contributed by atoms with Gasteiger partial charge in [0.05, 0.1) is 5.69 Å². The maximum Gasteiger partial charge on any atom is 0.217 e. The molecule has 25 heavy (non-hydrogen) atoms. The van der Waals surface area contributed by atoms with Crippen molar-refractivity contribution in [3.8, 4) is 17.1 Å². The Kier molecular flexibility index (Phi) is 5.74. The van der Waals surface area contributed by atoms with Crippen LogP contribution in [0.15, 0.2) is 30.3 Å². The third-order valence-corrected chi connectivity index (χ3v) is 5.08. The molecule has 1 atom stereocenters. The van der Waals surface area contributed by atoms with Gasteiger partial charge in [-0.3, -0.25) is 4.90 Å². The molecule has 1 aliphatic rings. The fourth-order valence-electron chi connectivity index (χ4n) is 3.88. The average molecular weight is 338 g/mol. The fraction of sp³-hybridized carbons (Fsp3) is 0.500. The Morgan fingerprint density at radius 1 is 1.04 bits per heavy atom. The van der Waals surface area contributed by atoms with Gasteiger partial charge in [-0.15, -0.1) is 0 Å². The topological polar surface area (TPSA) is 25.4 Å². The Morgan fingerprint density at radius 2 is 1.72 bits per heavy atom. The molecule has 0 amide bonds. The van der Waals surface area contributed by atoms with Crippen molar-refractivity contribution in [1.82, 2.24) is 9.88 Å². The van der Waals surface area contributed by atoms with Gasteiger partial charge in [-0.2, -0.15) is 0 Å². The fourth-order valence-corrected chi connectivity index (χ4v) is 3.88. The van der Waals surface area contributed by atoms with Crippen molar-refractivity contribution in [3.05, 3.63) is 47.0 Å². The average Bonchev–Trinajstić information content (AvgIpc) is 2.61. The summed E-state index contributed by atoms with van der Waals surface area (Å²) in [5, 5.41) is 0. The molecule has 0 N–H and O–H groups in total. The second-order valence-electron chi connectivity index (χ2n) is 7.13. The molecule has 1 aromatic heterocycles. The van der Waals surface area contributed by atoms with E-state index in [4.69, 9.17) is 9.72 Å². The van der Waals surface area contributed by atoms with E-state index in [1.54, 1.807) is 0 Å². The van der Waals surface area contributed by atoms with Crippen LogP contribution in [0.1, 0.15) is 43.4 Å². The van der Waals surface area contributed by atoms with Crippen molar-refractivity contribution in [1.29, 1.82) is 0 Å². The second-order valence-corrected chi connectivity index (χ2v) is 7.13. The molecule has 0 radical (unpaired) electrons. The van der Waals surface area contributed by atoms with Gasteiger partial charge in [-0.05, 0) is 63.4 Å². The number of rotatable bonds is 6. The lowest BCUT2D eigenvalue weighted by Gasteiger charge is -2.34. The van der Waals surface area contributed by atoms with Gasteiger partial charge < -0.3 is 4.74 Å². The summed E-state index contributed by atoms with van der Waals surface area (Å²) in [6.07, 6.45) is 3.41. The minimum absolute atomic E-state index is 0.472. The van der Waals surface area contributed by atoms with Gasteiger partial charge in [0.2, 0.25) is 5.88 Å². The number of hydrogen-bond acceptors (Lipinski definition) is 3. The van der Waals surface area contributed by atoms with Crippen LogP contribution < -0.4 is 4.74 Å². The molecule has 2 aromatic rings. The number of aromatic nitrogens is 1. The molecule has 0 saturated carbocycles. The Bertz CT molecular complexity index is 700. The Morgan fingerprint density at radius 3 is 2.36 bits per heavy atom. The van der Waals surface area contributed by atoms with Crippen LogP contribution in [0.2, 0.25) is 0 Å². The quantitative estimate of drug-likeness (QED) is 0.757. The van der Waals surface area contributed by atoms with Crippen molar-refractivity contribution >= 4 is 0 Å². The summed E-state index contributed by atoms with van der Waals surface area (Å²) in [5.74, 6) is 0.823. The van der Waals surface area contributed by atoms with Gasteiger partial charge in [0.15, 0.2) is 0 Å². The molecule has 3 rings (SSSR count). The number of ether oxygens (including phenoxy) is 1. The van der Waals surface area contributed by atoms with Crippen LogP contribution in [0.25, 0.3) is 11.3 Å². The molecule has 1 aliphatic heterocycles. The van der Waals surface area contributed by atoms with Crippen molar-refractivity contribution in [2.75, 3.05) is 19.7 Å². The largest absolute Gasteiger partial charge is 0.476 e. The normalized spacial score (nSPS) is 16.6. The van der Waals surface area contributed by atoms with Crippen LogP contribution in [0, 0.1) is 13.8 Å². The number of hydrogen-bond donors (Lipinski definition) is 0. The summed E-state index contributed by atoms with van der Waals surface area (Å²) < 4.78 is 6.10. The van der Waals surface area contributed by atoms with Crippen LogP contribution >= 0.6 is 0 Å². The molecule has 0 saturated heterocycles. The first-order valence-corrected chi connectivity index (χ1v) is 9.57. The summed E-state index contributed by atoms with van der Waals surface area (Å²) in [4.78, 5) is 7.42. The highest BCUT2D eigenvalue weighted by molar-refractivity contribution is 5.68. The van der Waals surface area contributed by atoms with E-state index in [1.165, 1.54) is 35.1 Å². The molecule has 0 fully saturated rings. The predicted octanol–water partition coefficient (Wildman–Crippen LogP) is 4.79. The predicted molar refractivity (Wildman–Crippen MR) is 104 cm³/mol. The summed E-state index contributed by atoms with van der Waals surface area (Å²) in [6.45, 7) is 11.8. The lowest BCUT2D eigenvalue weighted by molar-refractivity contribution is 0.115. The van der Waals surface area contributed by atoms with Gasteiger partial charge in [0.1, 0.15) is 6.61 Å². The van der Waals surface area contributed by atoms with E-state index in [-0.39, 0.29) is 0 Å². The third kappa shape index (κ3) is 3.87. The van der Waals surface area contributed by atoms with E-state index in [0.717, 1.165) is 37.7 Å². The monoisotopic (exact) mass is 338 g/mol. The molecule has 1 aromatic carbocycles. The first kappa shape index (κ1) is 17.9. The molecule has 0 spiro atoms. The molecule has 1 unspecified atom stereocenters. The van der Waals surface area contributed by atoms with E-state index in [2.05, 4.69) is 62.9 Å². The maximum atomic E-state index is 6.10. The highest BCUT2D eigenvalue weighted by Gasteiger charge is 2.26. The van der Waals surface area contributed by atoms with Crippen LogP contribution in [0.5, 0.6) is 5.88 Å². The van der Waals surface area contributed by atoms with E-state index in [0.29, 0.717) is 6.04 Å². The van der Waals surface area contributed by atoms with Crippen molar-refractivity contribution in [2.45, 2.75) is 53.0 Å². The highest BCUT2D eigenvalue weighted by atomic mass is 16.5. The molecule has 2 heterocycles. The molecule has 0 aliphatic carbocycles. The van der Waals surface area contributed by atoms with Gasteiger partial charge in [-0.1, -0.05) is 38.1 Å². The van der Waals surface area contributed by atoms with Crippen molar-refractivity contribution < 1.29 is 4.74 Å². The van der Waals surface area contributed by atoms with Gasteiger partial charge in [-0.25, -0.2) is 4.98 Å². The molecular formula is C22H30N2O. The third-order valence-electron chi connectivity index (χ3n) is 5.08. The molecule has 0 bridgehead atoms. The van der Waals surface area contributed by atoms with Crippen LogP contribution in [-0.2, 0) is 6.42 Å². The lowest BCUT2D eigenvalue weighted by atomic mass is 9.97. The minimum Gasteiger partial charge on any atom is -0.476 e. The molecule has 3 nitrogen and oxygen atoms in total. The molecular weight excluding hydrogens is 308 g/mol. The number of pyridine rings is 1. The molecule has 134 valence electrons. The number of benzene rings is 1. The Labute approximate surface area is 152 Å². The highest BCUT2D eigenvalue weighted by Crippen LogP contribution is 2.31. The van der Waals surface area contributed by atoms with E-state index in [1.807, 2.05) is 0 Å². The van der Waals surface area contributed by atoms with Gasteiger partial charge in [0.25, 0.3) is 0 Å². The van der Waals surface area contributed by atoms with Gasteiger partial charge in [0, 0.05) is 17.2 Å². The number of fused-ring (bicyclic) bond motifs is 1. The summed E-state index contributed by atoms with van der Waals surface area (Å²) >= 11 is 0. The smallest absolute Gasteiger partial charge is 0.217 e. The lowest BCUT2D eigenvalue weighted by Crippen LogP contribution is -2.44. The van der Waals surface area contributed by atoms with Crippen LogP contribution in [-0.4, -0.2) is 35.6 Å². The van der Waals surface area contributed by atoms with E-state index >= 15 is 0 Å². The second kappa shape index (κ2) is 8.01. The van der Waals surface area contributed by atoms with Gasteiger partial charge >= 0.3 is 0 Å². The summed E-state index contributed by atoms with van der Waals surface area (Å²) in [5.41, 5.74) is 6.02. The molecule has 3 heteroatoms. The van der Waals surface area contributed by atoms with E-state index < -0.39 is 0 Å². The first-order chi connectivity index (χ1) is 12.1. The SMILES string of the molecule is CCCN(CCC)C1COc2nc(-c3c(C)cccc3C)ccc2C1. The van der Waals surface area contributed by atoms with Crippen LogP contribution in [0.4, 0.5) is 0 Å². The zero-order valence-electron chi connectivity index (χ0n) is 16.0. The zero-order chi connectivity index (χ0) is 17.8. The minimum atomic E-state index is 0.472. The number of nitrogens with zero attached hydrogens (tertiary/aromatic N) is 2. The zero-order valence-corrected chi connectivity index (χ0v) is 16.0. The standard InChI is InChI=1S/C22H30N2O/c1-5-12-24(13-6-2)19-14-18-10-11-20(23-22(18)25-15-19)21-16(3)8-7-9-17(21)4/h7-11,19H,5-6,12-15H2,1-4H3. The first-order valence-electron chi connectivity index (χ1n) is 9.57. The van der Waals surface area contributed by atoms with Crippen molar-refractivity contribution in [2.24, 2.45) is 0 Å². The summed E-state index contributed by atoms with van der Waals surface area (Å²) in [7, 11) is 0.